The molecule has 0 saturated heterocycles. The minimum atomic E-state index is -0.589. The van der Waals surface area contributed by atoms with Crippen molar-refractivity contribution in [1.29, 1.82) is 0 Å². The van der Waals surface area contributed by atoms with Crippen molar-refractivity contribution in [2.45, 2.75) is 26.3 Å². The van der Waals surface area contributed by atoms with Crippen molar-refractivity contribution in [1.82, 2.24) is 5.32 Å². The van der Waals surface area contributed by atoms with Crippen molar-refractivity contribution >= 4 is 5.91 Å². The maximum atomic E-state index is 11.5. The van der Waals surface area contributed by atoms with E-state index in [2.05, 4.69) is 37.4 Å². The van der Waals surface area contributed by atoms with Crippen molar-refractivity contribution in [3.63, 3.8) is 0 Å². The van der Waals surface area contributed by atoms with Crippen LogP contribution in [0.5, 0.6) is 0 Å². The van der Waals surface area contributed by atoms with Gasteiger partial charge >= 0.3 is 0 Å². The van der Waals surface area contributed by atoms with E-state index in [1.807, 2.05) is 0 Å². The Morgan fingerprint density at radius 3 is 2.50 bits per heavy atom. The van der Waals surface area contributed by atoms with Gasteiger partial charge in [-0.15, -0.1) is 0 Å². The summed E-state index contributed by atoms with van der Waals surface area (Å²) in [6, 6.07) is 5.81. The van der Waals surface area contributed by atoms with Crippen LogP contribution >= 0.6 is 0 Å². The number of carbonyl (C=O) groups excluding carboxylic acids is 1. The van der Waals surface area contributed by atoms with Crippen LogP contribution in [-0.4, -0.2) is 32.2 Å². The highest BCUT2D eigenvalue weighted by atomic mass is 16.5. The van der Waals surface area contributed by atoms with Gasteiger partial charge in [-0.05, 0) is 25.8 Å². The maximum Gasteiger partial charge on any atom is 0.239 e. The van der Waals surface area contributed by atoms with E-state index in [0.717, 1.165) is 6.42 Å². The molecule has 1 aromatic carbocycles. The third kappa shape index (κ3) is 4.85. The number of nitrogens with two attached hydrogens (primary N) is 1. The molecule has 0 saturated carbocycles. The third-order valence-corrected chi connectivity index (χ3v) is 2.68. The predicted octanol–water partition coefficient (Wildman–Crippen LogP) is 0.936. The molecule has 0 spiro atoms. The molecule has 1 unspecified atom stereocenters. The largest absolute Gasteiger partial charge is 0.383 e. The zero-order valence-electron chi connectivity index (χ0n) is 11.3. The van der Waals surface area contributed by atoms with Gasteiger partial charge in [-0.25, -0.2) is 0 Å². The first-order valence-corrected chi connectivity index (χ1v) is 6.12. The van der Waals surface area contributed by atoms with Crippen molar-refractivity contribution in [2.24, 2.45) is 5.73 Å². The molecule has 0 fully saturated rings. The van der Waals surface area contributed by atoms with Gasteiger partial charge in [0.05, 0.1) is 6.61 Å². The highest BCUT2D eigenvalue weighted by Crippen LogP contribution is 2.08. The second-order valence-electron chi connectivity index (χ2n) is 4.60. The number of methoxy groups -OCH3 is 1. The molecule has 1 atom stereocenters. The topological polar surface area (TPSA) is 64.3 Å². The van der Waals surface area contributed by atoms with E-state index in [1.54, 1.807) is 0 Å². The van der Waals surface area contributed by atoms with Gasteiger partial charge in [0.2, 0.25) is 5.91 Å². The third-order valence-electron chi connectivity index (χ3n) is 2.68. The van der Waals surface area contributed by atoms with Crippen molar-refractivity contribution < 1.29 is 9.53 Å². The number of nitrogens with one attached hydrogen (secondary N) is 1. The number of benzene rings is 1. The first kappa shape index (κ1) is 14.7. The highest BCUT2D eigenvalue weighted by Gasteiger charge is 2.11. The van der Waals surface area contributed by atoms with Gasteiger partial charge in [0.15, 0.2) is 0 Å². The fraction of sp³-hybridized carbons (Fsp3) is 0.500. The van der Waals surface area contributed by atoms with E-state index in [9.17, 15) is 4.79 Å². The average Bonchev–Trinajstić information content (AvgIpc) is 2.27. The molecular weight excluding hydrogens is 228 g/mol. The molecule has 0 radical (unpaired) electrons. The Bertz CT molecular complexity index is 385. The molecule has 100 valence electrons. The Hall–Kier alpha value is -1.39. The molecule has 3 N–H and O–H groups in total. The van der Waals surface area contributed by atoms with Crippen molar-refractivity contribution in [2.75, 3.05) is 20.3 Å². The lowest BCUT2D eigenvalue weighted by atomic mass is 10.1. The summed E-state index contributed by atoms with van der Waals surface area (Å²) in [5, 5.41) is 2.81. The SMILES string of the molecule is COCC(N)C(=O)NCCc1cc(C)cc(C)c1. The maximum absolute atomic E-state index is 11.5. The quantitative estimate of drug-likeness (QED) is 0.789. The Kier molecular flexibility index (Phi) is 5.82. The van der Waals surface area contributed by atoms with Gasteiger partial charge in [0.25, 0.3) is 0 Å². The fourth-order valence-corrected chi connectivity index (χ4v) is 1.93. The van der Waals surface area contributed by atoms with Crippen LogP contribution in [0.4, 0.5) is 0 Å². The minimum absolute atomic E-state index is 0.166. The van der Waals surface area contributed by atoms with Crippen molar-refractivity contribution in [3.8, 4) is 0 Å². The molecule has 0 aliphatic heterocycles. The standard InChI is InChI=1S/C14H22N2O2/c1-10-6-11(2)8-12(7-10)4-5-16-14(17)13(15)9-18-3/h6-8,13H,4-5,9,15H2,1-3H3,(H,16,17). The number of hydrogen-bond donors (Lipinski definition) is 2. The van der Waals surface area contributed by atoms with Crippen LogP contribution in [-0.2, 0) is 16.0 Å². The number of hydrogen-bond acceptors (Lipinski definition) is 3. The highest BCUT2D eigenvalue weighted by molar-refractivity contribution is 5.81. The Morgan fingerprint density at radius 2 is 1.94 bits per heavy atom. The summed E-state index contributed by atoms with van der Waals surface area (Å²) in [5.74, 6) is -0.166. The van der Waals surface area contributed by atoms with E-state index < -0.39 is 6.04 Å². The van der Waals surface area contributed by atoms with Gasteiger partial charge in [0, 0.05) is 13.7 Å². The summed E-state index contributed by atoms with van der Waals surface area (Å²) >= 11 is 0. The number of rotatable bonds is 6. The Labute approximate surface area is 109 Å². The van der Waals surface area contributed by atoms with Gasteiger partial charge in [-0.2, -0.15) is 0 Å². The summed E-state index contributed by atoms with van der Waals surface area (Å²) < 4.78 is 4.83. The number of aryl methyl sites for hydroxylation is 2. The smallest absolute Gasteiger partial charge is 0.239 e. The molecule has 0 aliphatic rings. The normalized spacial score (nSPS) is 12.2. The fourth-order valence-electron chi connectivity index (χ4n) is 1.93. The summed E-state index contributed by atoms with van der Waals surface area (Å²) in [6.07, 6.45) is 0.813. The molecule has 18 heavy (non-hydrogen) atoms. The molecule has 0 aliphatic carbocycles. The van der Waals surface area contributed by atoms with Gasteiger partial charge in [-0.3, -0.25) is 4.79 Å². The first-order valence-electron chi connectivity index (χ1n) is 6.12. The van der Waals surface area contributed by atoms with E-state index in [-0.39, 0.29) is 12.5 Å². The van der Waals surface area contributed by atoms with Crippen LogP contribution in [0.1, 0.15) is 16.7 Å². The minimum Gasteiger partial charge on any atom is -0.383 e. The molecule has 1 rings (SSSR count). The van der Waals surface area contributed by atoms with Gasteiger partial charge in [-0.1, -0.05) is 29.3 Å². The van der Waals surface area contributed by atoms with Crippen LogP contribution in [0, 0.1) is 13.8 Å². The van der Waals surface area contributed by atoms with E-state index in [1.165, 1.54) is 23.8 Å². The monoisotopic (exact) mass is 250 g/mol. The average molecular weight is 250 g/mol. The second-order valence-corrected chi connectivity index (χ2v) is 4.60. The molecule has 0 bridgehead atoms. The zero-order valence-corrected chi connectivity index (χ0v) is 11.3. The predicted molar refractivity (Wildman–Crippen MR) is 72.5 cm³/mol. The van der Waals surface area contributed by atoms with Crippen LogP contribution in [0.3, 0.4) is 0 Å². The molecule has 0 heterocycles. The molecule has 4 heteroatoms. The summed E-state index contributed by atoms with van der Waals surface area (Å²) in [6.45, 7) is 4.99. The van der Waals surface area contributed by atoms with Crippen molar-refractivity contribution in [3.05, 3.63) is 34.9 Å². The Morgan fingerprint density at radius 1 is 1.33 bits per heavy atom. The van der Waals surface area contributed by atoms with E-state index in [0.29, 0.717) is 6.54 Å². The lowest BCUT2D eigenvalue weighted by Crippen LogP contribution is -2.44. The first-order chi connectivity index (χ1) is 8.52. The van der Waals surface area contributed by atoms with Crippen LogP contribution in [0.25, 0.3) is 0 Å². The van der Waals surface area contributed by atoms with E-state index >= 15 is 0 Å². The summed E-state index contributed by atoms with van der Waals surface area (Å²) in [4.78, 5) is 11.5. The molecule has 4 nitrogen and oxygen atoms in total. The molecule has 1 amide bonds. The summed E-state index contributed by atoms with van der Waals surface area (Å²) in [7, 11) is 1.53. The summed E-state index contributed by atoms with van der Waals surface area (Å²) in [5.41, 5.74) is 9.33. The van der Waals surface area contributed by atoms with Gasteiger partial charge < -0.3 is 15.8 Å². The van der Waals surface area contributed by atoms with Gasteiger partial charge in [0.1, 0.15) is 6.04 Å². The number of amides is 1. The Balaban J connectivity index is 2.39. The molecular formula is C14H22N2O2. The molecule has 1 aromatic rings. The van der Waals surface area contributed by atoms with Crippen LogP contribution in [0.15, 0.2) is 18.2 Å². The number of carbonyl (C=O) groups is 1. The molecule has 0 aromatic heterocycles. The lowest BCUT2D eigenvalue weighted by molar-refractivity contribution is -0.123. The second kappa shape index (κ2) is 7.13. The van der Waals surface area contributed by atoms with Crippen LogP contribution < -0.4 is 11.1 Å². The van der Waals surface area contributed by atoms with E-state index in [4.69, 9.17) is 10.5 Å². The zero-order chi connectivity index (χ0) is 13.5. The number of ether oxygens (including phenoxy) is 1. The lowest BCUT2D eigenvalue weighted by Gasteiger charge is -2.11. The van der Waals surface area contributed by atoms with Crippen LogP contribution in [0.2, 0.25) is 0 Å².